The molecule has 0 unspecified atom stereocenters. The highest BCUT2D eigenvalue weighted by molar-refractivity contribution is 5.79. The van der Waals surface area contributed by atoms with Crippen molar-refractivity contribution in [2.75, 3.05) is 33.0 Å². The Morgan fingerprint density at radius 3 is 1.36 bits per heavy atom. The lowest BCUT2D eigenvalue weighted by Crippen LogP contribution is -2.70. The molecule has 8 aliphatic heterocycles. The number of ether oxygens (including phenoxy) is 16. The molecule has 8 saturated heterocycles. The van der Waals surface area contributed by atoms with Gasteiger partial charge in [-0.15, -0.1) is 0 Å². The van der Waals surface area contributed by atoms with Gasteiger partial charge in [0, 0.05) is 5.41 Å². The van der Waals surface area contributed by atoms with Crippen LogP contribution in [0.3, 0.4) is 0 Å². The average molecular weight is 1660 g/mol. The van der Waals surface area contributed by atoms with Gasteiger partial charge in [0.25, 0.3) is 0 Å². The lowest BCUT2D eigenvalue weighted by molar-refractivity contribution is -0.394. The van der Waals surface area contributed by atoms with Crippen LogP contribution < -0.4 is 0 Å². The molecule has 0 amide bonds. The van der Waals surface area contributed by atoms with Gasteiger partial charge in [0.05, 0.1) is 75.1 Å². The van der Waals surface area contributed by atoms with E-state index in [4.69, 9.17) is 75.8 Å². The Kier molecular flexibility index (Phi) is 27.0. The maximum absolute atomic E-state index is 16.3. The number of carbonyl (C=O) groups is 1. The van der Waals surface area contributed by atoms with Gasteiger partial charge in [0.15, 0.2) is 50.1 Å². The summed E-state index contributed by atoms with van der Waals surface area (Å²) in [6, 6.07) is 0. The summed E-state index contributed by atoms with van der Waals surface area (Å²) in [4.78, 5) is 16.3. The van der Waals surface area contributed by atoms with Gasteiger partial charge in [-0.05, 0) is 125 Å². The molecule has 39 heteroatoms. The van der Waals surface area contributed by atoms with Crippen LogP contribution in [-0.4, -0.2) is 397 Å². The quantitative estimate of drug-likeness (QED) is 0.0288. The minimum Gasteiger partial charge on any atom is -0.432 e. The van der Waals surface area contributed by atoms with Crippen molar-refractivity contribution in [2.45, 2.75) is 373 Å². The van der Waals surface area contributed by atoms with E-state index in [9.17, 15) is 112 Å². The number of hydrogen-bond acceptors (Lipinski definition) is 39. The smallest absolute Gasteiger partial charge is 0.315 e. The van der Waals surface area contributed by atoms with Crippen LogP contribution in [0.4, 0.5) is 0 Å². The molecule has 13 rings (SSSR count). The predicted molar refractivity (Wildman–Crippen MR) is 378 cm³/mol. The van der Waals surface area contributed by atoms with Gasteiger partial charge < -0.3 is 188 Å². The molecule has 48 atom stereocenters. The van der Waals surface area contributed by atoms with Crippen molar-refractivity contribution < 1.29 is 193 Å². The zero-order valence-corrected chi connectivity index (χ0v) is 66.1. The second-order valence-corrected chi connectivity index (χ2v) is 36.5. The van der Waals surface area contributed by atoms with Gasteiger partial charge in [-0.3, -0.25) is 4.79 Å². The summed E-state index contributed by atoms with van der Waals surface area (Å²) < 4.78 is 98.5. The highest BCUT2D eigenvalue weighted by Crippen LogP contribution is 2.76. The van der Waals surface area contributed by atoms with Crippen LogP contribution >= 0.6 is 0 Å². The minimum atomic E-state index is -2.19. The molecule has 662 valence electrons. The number of aliphatic hydroxyl groups excluding tert-OH is 22. The number of rotatable bonds is 21. The van der Waals surface area contributed by atoms with Crippen LogP contribution in [-0.2, 0) is 80.6 Å². The Bertz CT molecular complexity index is 3310. The monoisotopic (exact) mass is 1660 g/mol. The third-order valence-electron chi connectivity index (χ3n) is 29.1. The van der Waals surface area contributed by atoms with Gasteiger partial charge in [-0.2, -0.15) is 0 Å². The molecule has 0 aromatic rings. The second-order valence-electron chi connectivity index (χ2n) is 36.5. The number of esters is 1. The number of aliphatic hydroxyl groups is 22. The van der Waals surface area contributed by atoms with Crippen LogP contribution in [0.15, 0.2) is 11.6 Å². The summed E-state index contributed by atoms with van der Waals surface area (Å²) in [7, 11) is 0. The molecular weight excluding hydrogens is 1540 g/mol. The Labute approximate surface area is 664 Å². The highest BCUT2D eigenvalue weighted by Gasteiger charge is 2.73. The fourth-order valence-corrected chi connectivity index (χ4v) is 22.0. The van der Waals surface area contributed by atoms with E-state index in [1.54, 1.807) is 6.92 Å². The number of carbonyl (C=O) groups excluding carboxylic acids is 1. The van der Waals surface area contributed by atoms with Gasteiger partial charge >= 0.3 is 5.97 Å². The highest BCUT2D eigenvalue weighted by atomic mass is 16.8. The number of allylic oxidation sites excluding steroid dienone is 2. The molecule has 39 nitrogen and oxygen atoms in total. The van der Waals surface area contributed by atoms with Crippen LogP contribution in [0.5, 0.6) is 0 Å². The maximum atomic E-state index is 16.3. The van der Waals surface area contributed by atoms with Crippen LogP contribution in [0.25, 0.3) is 0 Å². The molecular formula is C76H124O39. The SMILES string of the molecule is C[C@@H]1O[C@@H](O[C@@H]2[C@@H](O)[C@H](O[C@@H]3[C@@H](O[C@@H]4O[C@H](CO)[C@H](O)[C@H]4O)[C@@H](O)[C@H](O[C@H]4[C@H](OC(=O)[C@]56CCC(C)(C)C[C@H]5C5=CC[C@@H]7[C@@]8(C)C[C@H](O)[C@H](O[C@@H]9O[C@H](CO)[C@@H](O)[C@H](O[C@@H]%10O[C@H](CO)[C@@H](O)[C@H](O)[C@H]%10O)[C@H]9O)[C@@](C)(CO)[C@@H]8CC[C@@]7(C)[C@]5(C)CC6)O[C@H](C)[C@@H](O)[C@@H]4O[C@@H]4O[C@@H](C)[C@H](O)[C@@H](O)[C@H]4O)O[C@H]3C)O[C@@H]2CO)[C@H](O)[C@H](O)[C@H]1O. The molecule has 0 spiro atoms. The van der Waals surface area contributed by atoms with Crippen molar-refractivity contribution in [3.05, 3.63) is 11.6 Å². The van der Waals surface area contributed by atoms with E-state index in [-0.39, 0.29) is 30.1 Å². The fraction of sp³-hybridized carbons (Fsp3) is 0.961. The lowest BCUT2D eigenvalue weighted by Gasteiger charge is -2.72. The summed E-state index contributed by atoms with van der Waals surface area (Å²) in [5.74, 6) is -1.84. The molecule has 13 aliphatic rings. The normalized spacial score (nSPS) is 55.9. The van der Waals surface area contributed by atoms with Crippen molar-refractivity contribution in [3.63, 3.8) is 0 Å². The topological polar surface area (TPSA) is 610 Å². The largest absolute Gasteiger partial charge is 0.432 e. The third kappa shape index (κ3) is 15.7. The molecule has 0 aromatic heterocycles. The first kappa shape index (κ1) is 90.5. The minimum absolute atomic E-state index is 0.114. The Hall–Kier alpha value is -2.27. The standard InChI is InChI=1S/C76H124O39/c1-26-39(83)45(89)49(93)62(100-26)109-56-36(24-80)107-67(52(56)96)108-55-29(4)103-66(54(98)59(55)112-64-48(92)43(87)34(22-78)105-64)113-60-58(111-63-50(94)46(90)40(84)27(2)101-63)41(85)28(3)102-69(60)115-70(99)76-17-15-71(5,6)19-31(76)30-11-12-38-72(7)20-32(82)61(73(8,25-81)37(72)13-14-75(38,10)74(30,9)16-18-76)114-68-53(97)57(44(88)35(23-79)106-68)110-65-51(95)47(91)42(86)33(21-77)104-65/h11,26-29,31-69,77-98H,12-25H2,1-10H3/t26-,27-,28+,29-,31-,32-,33+,34+,35+,36+,37+,38+,39-,40-,41+,42+,43-,44+,45+,46+,47-,48+,49+,50+,51+,52+,53+,54+,55-,56-,57-,58-,59-,60+,61-,62-,63-,64-,65-,66-,67-,68-,69-,72-,73-,74+,75+,76-/m0/s1. The Balaban J connectivity index is 0.783. The first-order valence-corrected chi connectivity index (χ1v) is 40.4. The molecule has 5 aliphatic carbocycles. The zero-order valence-electron chi connectivity index (χ0n) is 66.1. The van der Waals surface area contributed by atoms with E-state index in [1.165, 1.54) is 27.7 Å². The van der Waals surface area contributed by atoms with Crippen molar-refractivity contribution >= 4 is 5.97 Å². The van der Waals surface area contributed by atoms with Gasteiger partial charge in [0.1, 0.15) is 153 Å². The first-order chi connectivity index (χ1) is 54.0. The average Bonchev–Trinajstić information content (AvgIpc) is 1.04. The van der Waals surface area contributed by atoms with E-state index in [1.807, 2.05) is 0 Å². The van der Waals surface area contributed by atoms with Gasteiger partial charge in [-0.25, -0.2) is 0 Å². The van der Waals surface area contributed by atoms with E-state index in [0.29, 0.717) is 44.9 Å². The maximum Gasteiger partial charge on any atom is 0.315 e. The van der Waals surface area contributed by atoms with Gasteiger partial charge in [0.2, 0.25) is 6.29 Å². The number of hydrogen-bond donors (Lipinski definition) is 22. The van der Waals surface area contributed by atoms with E-state index >= 15 is 4.79 Å². The Morgan fingerprint density at radius 1 is 0.383 bits per heavy atom. The van der Waals surface area contributed by atoms with Crippen LogP contribution in [0.1, 0.15) is 127 Å². The molecule has 0 radical (unpaired) electrons. The summed E-state index contributed by atoms with van der Waals surface area (Å²) in [5.41, 5.74) is -3.91. The zero-order chi connectivity index (χ0) is 83.9. The van der Waals surface area contributed by atoms with E-state index in [0.717, 1.165) is 5.57 Å². The number of fused-ring (bicyclic) bond motifs is 7. The van der Waals surface area contributed by atoms with Crippen molar-refractivity contribution in [3.8, 4) is 0 Å². The summed E-state index contributed by atoms with van der Waals surface area (Å²) in [6.07, 6.45) is -62.6. The van der Waals surface area contributed by atoms with Crippen molar-refractivity contribution in [1.82, 2.24) is 0 Å². The van der Waals surface area contributed by atoms with Crippen molar-refractivity contribution in [1.29, 1.82) is 0 Å². The lowest BCUT2D eigenvalue weighted by atomic mass is 9.33. The Morgan fingerprint density at radius 2 is 0.791 bits per heavy atom. The van der Waals surface area contributed by atoms with Gasteiger partial charge in [-0.1, -0.05) is 53.2 Å². The fourth-order valence-electron chi connectivity index (χ4n) is 22.0. The molecule has 12 fully saturated rings. The second kappa shape index (κ2) is 34.3. The summed E-state index contributed by atoms with van der Waals surface area (Å²) in [6.45, 7) is 14.4. The molecule has 115 heavy (non-hydrogen) atoms. The third-order valence-corrected chi connectivity index (χ3v) is 29.1. The van der Waals surface area contributed by atoms with E-state index < -0.39 is 318 Å². The van der Waals surface area contributed by atoms with Crippen molar-refractivity contribution in [2.24, 2.45) is 50.2 Å². The summed E-state index contributed by atoms with van der Waals surface area (Å²) >= 11 is 0. The molecule has 22 N–H and O–H groups in total. The summed E-state index contributed by atoms with van der Waals surface area (Å²) in [5, 5.41) is 245. The molecule has 4 saturated carbocycles. The van der Waals surface area contributed by atoms with Crippen LogP contribution in [0, 0.1) is 50.2 Å². The predicted octanol–water partition coefficient (Wildman–Crippen LogP) is -7.41. The molecule has 0 aromatic carbocycles. The molecule has 8 heterocycles. The van der Waals surface area contributed by atoms with E-state index in [2.05, 4.69) is 40.7 Å². The first-order valence-electron chi connectivity index (χ1n) is 40.4. The molecule has 0 bridgehead atoms. The van der Waals surface area contributed by atoms with Crippen LogP contribution in [0.2, 0.25) is 0 Å².